The summed E-state index contributed by atoms with van der Waals surface area (Å²) in [7, 11) is 0. The van der Waals surface area contributed by atoms with Gasteiger partial charge in [0.25, 0.3) is 0 Å². The quantitative estimate of drug-likeness (QED) is 0.830. The van der Waals surface area contributed by atoms with Gasteiger partial charge in [0, 0.05) is 6.04 Å². The molecule has 1 unspecified atom stereocenters. The van der Waals surface area contributed by atoms with Gasteiger partial charge in [0.15, 0.2) is 0 Å². The number of nitrogens with zero attached hydrogens (tertiary/aromatic N) is 3. The molecule has 1 N–H and O–H groups in total. The number of aromatic nitrogens is 3. The van der Waals surface area contributed by atoms with Crippen LogP contribution in [-0.4, -0.2) is 34.4 Å². The number of rotatable bonds is 5. The third-order valence-corrected chi connectivity index (χ3v) is 3.07. The van der Waals surface area contributed by atoms with Crippen LogP contribution < -0.4 is 10.1 Å². The molecule has 1 atom stereocenters. The molecular weight excluding hydrogens is 216 g/mol. The van der Waals surface area contributed by atoms with Crippen molar-refractivity contribution in [3.05, 3.63) is 11.4 Å². The highest BCUT2D eigenvalue weighted by Crippen LogP contribution is 2.10. The standard InChI is InChI=1S/C12H20N4O/c1-3-10-11(4-2)15-16-12(14-10)17-8-9-6-5-7-13-9/h9,13H,3-8H2,1-2H3. The molecule has 1 aliphatic heterocycles. The van der Waals surface area contributed by atoms with E-state index in [1.54, 1.807) is 0 Å². The summed E-state index contributed by atoms with van der Waals surface area (Å²) in [6.45, 7) is 5.86. The number of hydrogen-bond acceptors (Lipinski definition) is 5. The summed E-state index contributed by atoms with van der Waals surface area (Å²) < 4.78 is 5.58. The van der Waals surface area contributed by atoms with Gasteiger partial charge in [-0.2, -0.15) is 4.98 Å². The summed E-state index contributed by atoms with van der Waals surface area (Å²) in [4.78, 5) is 4.40. The Kier molecular flexibility index (Phi) is 4.25. The second-order valence-electron chi connectivity index (χ2n) is 4.30. The van der Waals surface area contributed by atoms with Crippen molar-refractivity contribution in [1.82, 2.24) is 20.5 Å². The van der Waals surface area contributed by atoms with Crippen molar-refractivity contribution in [2.75, 3.05) is 13.2 Å². The molecule has 94 valence electrons. The van der Waals surface area contributed by atoms with Gasteiger partial charge in [-0.1, -0.05) is 18.9 Å². The summed E-state index contributed by atoms with van der Waals surface area (Å²) in [5.41, 5.74) is 1.97. The molecule has 1 fully saturated rings. The number of hydrogen-bond donors (Lipinski definition) is 1. The summed E-state index contributed by atoms with van der Waals surface area (Å²) in [5.74, 6) is 0. The Hall–Kier alpha value is -1.23. The van der Waals surface area contributed by atoms with E-state index in [4.69, 9.17) is 4.74 Å². The van der Waals surface area contributed by atoms with Crippen LogP contribution in [0.2, 0.25) is 0 Å². The van der Waals surface area contributed by atoms with Crippen molar-refractivity contribution in [2.24, 2.45) is 0 Å². The van der Waals surface area contributed by atoms with Gasteiger partial charge in [0.2, 0.25) is 0 Å². The molecule has 17 heavy (non-hydrogen) atoms. The van der Waals surface area contributed by atoms with Crippen molar-refractivity contribution in [2.45, 2.75) is 45.6 Å². The van der Waals surface area contributed by atoms with E-state index in [9.17, 15) is 0 Å². The zero-order valence-corrected chi connectivity index (χ0v) is 10.6. The Bertz CT molecular complexity index is 364. The molecule has 0 bridgehead atoms. The van der Waals surface area contributed by atoms with Crippen molar-refractivity contribution in [3.63, 3.8) is 0 Å². The zero-order valence-electron chi connectivity index (χ0n) is 10.6. The van der Waals surface area contributed by atoms with Crippen molar-refractivity contribution in [1.29, 1.82) is 0 Å². The van der Waals surface area contributed by atoms with Crippen LogP contribution in [0.25, 0.3) is 0 Å². The first-order chi connectivity index (χ1) is 8.33. The Morgan fingerprint density at radius 2 is 2.06 bits per heavy atom. The second kappa shape index (κ2) is 5.91. The third kappa shape index (κ3) is 3.12. The lowest BCUT2D eigenvalue weighted by molar-refractivity contribution is 0.252. The lowest BCUT2D eigenvalue weighted by atomic mass is 10.2. The molecule has 0 aliphatic carbocycles. The maximum atomic E-state index is 5.58. The van der Waals surface area contributed by atoms with Gasteiger partial charge >= 0.3 is 6.01 Å². The van der Waals surface area contributed by atoms with Crippen LogP contribution in [0.3, 0.4) is 0 Å². The average molecular weight is 236 g/mol. The van der Waals surface area contributed by atoms with E-state index in [0.717, 1.165) is 30.8 Å². The highest BCUT2D eigenvalue weighted by atomic mass is 16.5. The molecule has 1 saturated heterocycles. The van der Waals surface area contributed by atoms with E-state index in [1.807, 2.05) is 0 Å². The van der Waals surface area contributed by atoms with Crippen LogP contribution in [0.4, 0.5) is 0 Å². The summed E-state index contributed by atoms with van der Waals surface area (Å²) >= 11 is 0. The Morgan fingerprint density at radius 1 is 1.24 bits per heavy atom. The topological polar surface area (TPSA) is 59.9 Å². The molecule has 1 aliphatic rings. The van der Waals surface area contributed by atoms with Gasteiger partial charge in [0.05, 0.1) is 11.4 Å². The first-order valence-corrected chi connectivity index (χ1v) is 6.42. The minimum Gasteiger partial charge on any atom is -0.461 e. The van der Waals surface area contributed by atoms with E-state index in [1.165, 1.54) is 12.8 Å². The minimum atomic E-state index is 0.410. The first kappa shape index (κ1) is 12.2. The van der Waals surface area contributed by atoms with Gasteiger partial charge in [-0.05, 0) is 32.2 Å². The van der Waals surface area contributed by atoms with Crippen molar-refractivity contribution < 1.29 is 4.74 Å². The van der Waals surface area contributed by atoms with E-state index in [0.29, 0.717) is 18.7 Å². The van der Waals surface area contributed by atoms with E-state index >= 15 is 0 Å². The molecule has 0 amide bonds. The minimum absolute atomic E-state index is 0.410. The second-order valence-corrected chi connectivity index (χ2v) is 4.30. The maximum Gasteiger partial charge on any atom is 0.335 e. The van der Waals surface area contributed by atoms with Crippen LogP contribution in [0, 0.1) is 0 Å². The lowest BCUT2D eigenvalue weighted by Crippen LogP contribution is -2.28. The summed E-state index contributed by atoms with van der Waals surface area (Å²) in [6, 6.07) is 0.849. The molecule has 5 nitrogen and oxygen atoms in total. The molecule has 2 rings (SSSR count). The molecule has 0 saturated carbocycles. The molecule has 2 heterocycles. The van der Waals surface area contributed by atoms with E-state index in [2.05, 4.69) is 34.3 Å². The SMILES string of the molecule is CCc1nnc(OCC2CCCN2)nc1CC. The van der Waals surface area contributed by atoms with Crippen LogP contribution >= 0.6 is 0 Å². The van der Waals surface area contributed by atoms with Crippen LogP contribution in [0.15, 0.2) is 0 Å². The highest BCUT2D eigenvalue weighted by molar-refractivity contribution is 5.11. The monoisotopic (exact) mass is 236 g/mol. The summed E-state index contributed by atoms with van der Waals surface area (Å²) in [5, 5.41) is 11.5. The fourth-order valence-corrected chi connectivity index (χ4v) is 2.06. The molecule has 1 aromatic rings. The zero-order chi connectivity index (χ0) is 12.1. The van der Waals surface area contributed by atoms with Crippen LogP contribution in [0.1, 0.15) is 38.1 Å². The highest BCUT2D eigenvalue weighted by Gasteiger charge is 2.15. The van der Waals surface area contributed by atoms with Gasteiger partial charge < -0.3 is 10.1 Å². The fourth-order valence-electron chi connectivity index (χ4n) is 2.06. The van der Waals surface area contributed by atoms with E-state index in [-0.39, 0.29) is 0 Å². The van der Waals surface area contributed by atoms with Crippen LogP contribution in [-0.2, 0) is 12.8 Å². The number of nitrogens with one attached hydrogen (secondary N) is 1. The average Bonchev–Trinajstić information content (AvgIpc) is 2.89. The Balaban J connectivity index is 1.95. The lowest BCUT2D eigenvalue weighted by Gasteiger charge is -2.11. The van der Waals surface area contributed by atoms with Gasteiger partial charge in [-0.25, -0.2) is 0 Å². The summed E-state index contributed by atoms with van der Waals surface area (Å²) in [6.07, 6.45) is 4.13. The molecule has 0 aromatic carbocycles. The maximum absolute atomic E-state index is 5.58. The Morgan fingerprint density at radius 3 is 2.71 bits per heavy atom. The van der Waals surface area contributed by atoms with Crippen molar-refractivity contribution in [3.8, 4) is 6.01 Å². The predicted molar refractivity (Wildman–Crippen MR) is 65.1 cm³/mol. The molecular formula is C12H20N4O. The largest absolute Gasteiger partial charge is 0.461 e. The Labute approximate surface area is 102 Å². The molecule has 0 spiro atoms. The molecule has 1 aromatic heterocycles. The number of aryl methyl sites for hydroxylation is 2. The van der Waals surface area contributed by atoms with Gasteiger partial charge in [0.1, 0.15) is 6.61 Å². The van der Waals surface area contributed by atoms with Crippen molar-refractivity contribution >= 4 is 0 Å². The van der Waals surface area contributed by atoms with Gasteiger partial charge in [-0.3, -0.25) is 0 Å². The fraction of sp³-hybridized carbons (Fsp3) is 0.750. The molecule has 0 radical (unpaired) electrons. The number of ether oxygens (including phenoxy) is 1. The van der Waals surface area contributed by atoms with Gasteiger partial charge in [-0.15, -0.1) is 5.10 Å². The first-order valence-electron chi connectivity index (χ1n) is 6.42. The smallest absolute Gasteiger partial charge is 0.335 e. The van der Waals surface area contributed by atoms with E-state index < -0.39 is 0 Å². The normalized spacial score (nSPS) is 19.5. The van der Waals surface area contributed by atoms with Crippen LogP contribution in [0.5, 0.6) is 6.01 Å². The third-order valence-electron chi connectivity index (χ3n) is 3.07. The molecule has 5 heteroatoms. The predicted octanol–water partition coefficient (Wildman–Crippen LogP) is 1.13.